The Labute approximate surface area is 125 Å². The van der Waals surface area contributed by atoms with Crippen LogP contribution in [-0.2, 0) is 10.7 Å². The molecule has 1 aromatic carbocycles. The van der Waals surface area contributed by atoms with Crippen LogP contribution in [0.25, 0.3) is 0 Å². The van der Waals surface area contributed by atoms with E-state index >= 15 is 0 Å². The van der Waals surface area contributed by atoms with Crippen LogP contribution in [0.1, 0.15) is 15.9 Å². The Hall–Kier alpha value is -1.53. The Morgan fingerprint density at radius 1 is 1.30 bits per heavy atom. The molecule has 20 heavy (non-hydrogen) atoms. The molecule has 0 aromatic heterocycles. The lowest BCUT2D eigenvalue weighted by Gasteiger charge is -2.13. The van der Waals surface area contributed by atoms with Crippen molar-refractivity contribution in [1.82, 2.24) is 10.2 Å². The number of alkyl halides is 1. The number of hydrogen-bond acceptors (Lipinski definition) is 4. The molecular formula is C13H13ClN2O3S. The SMILES string of the molecule is O=C(NCCN1C(=O)CSC1=O)c1ccc(CCl)cc1. The van der Waals surface area contributed by atoms with Crippen molar-refractivity contribution in [2.24, 2.45) is 0 Å². The summed E-state index contributed by atoms with van der Waals surface area (Å²) in [4.78, 5) is 35.7. The third-order valence-electron chi connectivity index (χ3n) is 2.83. The number of rotatable bonds is 5. The molecule has 1 fully saturated rings. The molecule has 5 nitrogen and oxygen atoms in total. The first-order chi connectivity index (χ1) is 9.61. The van der Waals surface area contributed by atoms with Crippen molar-refractivity contribution < 1.29 is 14.4 Å². The van der Waals surface area contributed by atoms with Gasteiger partial charge in [-0.15, -0.1) is 11.6 Å². The number of imide groups is 1. The molecule has 0 aliphatic carbocycles. The molecule has 0 bridgehead atoms. The number of amides is 3. The third kappa shape index (κ3) is 3.52. The van der Waals surface area contributed by atoms with Gasteiger partial charge in [0.1, 0.15) is 0 Å². The Morgan fingerprint density at radius 3 is 2.55 bits per heavy atom. The predicted molar refractivity (Wildman–Crippen MR) is 77.9 cm³/mol. The van der Waals surface area contributed by atoms with Crippen LogP contribution < -0.4 is 5.32 Å². The first-order valence-electron chi connectivity index (χ1n) is 6.02. The van der Waals surface area contributed by atoms with E-state index in [1.807, 2.05) is 0 Å². The molecule has 0 spiro atoms. The highest BCUT2D eigenvalue weighted by Gasteiger charge is 2.29. The summed E-state index contributed by atoms with van der Waals surface area (Å²) >= 11 is 6.66. The van der Waals surface area contributed by atoms with Crippen molar-refractivity contribution in [2.75, 3.05) is 18.8 Å². The summed E-state index contributed by atoms with van der Waals surface area (Å²) in [5.41, 5.74) is 1.46. The van der Waals surface area contributed by atoms with Crippen molar-refractivity contribution in [1.29, 1.82) is 0 Å². The van der Waals surface area contributed by atoms with Gasteiger partial charge >= 0.3 is 0 Å². The first kappa shape index (κ1) is 14.9. The summed E-state index contributed by atoms with van der Waals surface area (Å²) in [6, 6.07) is 6.95. The van der Waals surface area contributed by atoms with Gasteiger partial charge in [-0.1, -0.05) is 23.9 Å². The molecule has 1 N–H and O–H groups in total. The lowest BCUT2D eigenvalue weighted by molar-refractivity contribution is -0.124. The van der Waals surface area contributed by atoms with E-state index < -0.39 is 0 Å². The quantitative estimate of drug-likeness (QED) is 0.843. The van der Waals surface area contributed by atoms with Crippen LogP contribution in [0.4, 0.5) is 4.79 Å². The summed E-state index contributed by atoms with van der Waals surface area (Å²) < 4.78 is 0. The van der Waals surface area contributed by atoms with Gasteiger partial charge in [-0.2, -0.15) is 0 Å². The monoisotopic (exact) mass is 312 g/mol. The van der Waals surface area contributed by atoms with Crippen LogP contribution in [0.15, 0.2) is 24.3 Å². The van der Waals surface area contributed by atoms with E-state index in [0.717, 1.165) is 22.2 Å². The molecule has 1 aromatic rings. The molecule has 1 aliphatic heterocycles. The minimum atomic E-state index is -0.254. The Balaban J connectivity index is 1.82. The van der Waals surface area contributed by atoms with Gasteiger partial charge in [-0.05, 0) is 17.7 Å². The lowest BCUT2D eigenvalue weighted by Crippen LogP contribution is -2.37. The number of nitrogens with zero attached hydrogens (tertiary/aromatic N) is 1. The van der Waals surface area contributed by atoms with Gasteiger partial charge in [-0.3, -0.25) is 19.3 Å². The van der Waals surface area contributed by atoms with Crippen LogP contribution in [0.5, 0.6) is 0 Å². The molecule has 1 saturated heterocycles. The fraction of sp³-hybridized carbons (Fsp3) is 0.308. The van der Waals surface area contributed by atoms with E-state index in [-0.39, 0.29) is 35.9 Å². The summed E-state index contributed by atoms with van der Waals surface area (Å²) in [5, 5.41) is 2.42. The Morgan fingerprint density at radius 2 is 2.00 bits per heavy atom. The number of carbonyl (C=O) groups is 3. The van der Waals surface area contributed by atoms with Gasteiger partial charge in [0.25, 0.3) is 11.1 Å². The molecular weight excluding hydrogens is 300 g/mol. The third-order valence-corrected chi connectivity index (χ3v) is 4.00. The van der Waals surface area contributed by atoms with Crippen LogP contribution in [0.3, 0.4) is 0 Å². The lowest BCUT2D eigenvalue weighted by atomic mass is 10.1. The van der Waals surface area contributed by atoms with Gasteiger partial charge < -0.3 is 5.32 Å². The van der Waals surface area contributed by atoms with Crippen LogP contribution in [0.2, 0.25) is 0 Å². The highest BCUT2D eigenvalue weighted by molar-refractivity contribution is 8.14. The number of hydrogen-bond donors (Lipinski definition) is 1. The Kier molecular flexibility index (Phi) is 5.03. The largest absolute Gasteiger partial charge is 0.350 e. The number of thioether (sulfide) groups is 1. The smallest absolute Gasteiger partial charge is 0.288 e. The summed E-state index contributed by atoms with van der Waals surface area (Å²) in [5.74, 6) is 0.143. The van der Waals surface area contributed by atoms with E-state index in [1.54, 1.807) is 24.3 Å². The molecule has 0 atom stereocenters. The maximum absolute atomic E-state index is 11.8. The number of carbonyl (C=O) groups excluding carboxylic acids is 3. The topological polar surface area (TPSA) is 66.5 Å². The van der Waals surface area contributed by atoms with E-state index in [4.69, 9.17) is 11.6 Å². The van der Waals surface area contributed by atoms with Crippen molar-refractivity contribution in [3.05, 3.63) is 35.4 Å². The molecule has 1 heterocycles. The second-order valence-electron chi connectivity index (χ2n) is 4.19. The van der Waals surface area contributed by atoms with Crippen molar-refractivity contribution >= 4 is 40.4 Å². The first-order valence-corrected chi connectivity index (χ1v) is 7.54. The fourth-order valence-electron chi connectivity index (χ4n) is 1.73. The molecule has 0 unspecified atom stereocenters. The molecule has 106 valence electrons. The number of halogens is 1. The highest BCUT2D eigenvalue weighted by atomic mass is 35.5. The second-order valence-corrected chi connectivity index (χ2v) is 5.38. The number of benzene rings is 1. The van der Waals surface area contributed by atoms with Crippen molar-refractivity contribution in [2.45, 2.75) is 5.88 Å². The van der Waals surface area contributed by atoms with Gasteiger partial charge in [0, 0.05) is 24.5 Å². The van der Waals surface area contributed by atoms with Gasteiger partial charge in [0.15, 0.2) is 0 Å². The van der Waals surface area contributed by atoms with E-state index in [2.05, 4.69) is 5.32 Å². The van der Waals surface area contributed by atoms with Crippen LogP contribution in [0, 0.1) is 0 Å². The average molecular weight is 313 g/mol. The highest BCUT2D eigenvalue weighted by Crippen LogP contribution is 2.17. The fourth-order valence-corrected chi connectivity index (χ4v) is 2.66. The van der Waals surface area contributed by atoms with Crippen molar-refractivity contribution in [3.63, 3.8) is 0 Å². The van der Waals surface area contributed by atoms with Gasteiger partial charge in [0.2, 0.25) is 5.91 Å². The predicted octanol–water partition coefficient (Wildman–Crippen LogP) is 1.85. The van der Waals surface area contributed by atoms with Gasteiger partial charge in [0.05, 0.1) is 5.75 Å². The zero-order valence-corrected chi connectivity index (χ0v) is 12.2. The normalized spacial score (nSPS) is 14.8. The average Bonchev–Trinajstić information content (AvgIpc) is 2.79. The maximum Gasteiger partial charge on any atom is 0.288 e. The van der Waals surface area contributed by atoms with Crippen molar-refractivity contribution in [3.8, 4) is 0 Å². The van der Waals surface area contributed by atoms with E-state index in [1.165, 1.54) is 0 Å². The van der Waals surface area contributed by atoms with Gasteiger partial charge in [-0.25, -0.2) is 0 Å². The standard InChI is InChI=1S/C13H13ClN2O3S/c14-7-9-1-3-10(4-2-9)12(18)15-5-6-16-11(17)8-20-13(16)19/h1-4H,5-8H2,(H,15,18). The summed E-state index contributed by atoms with van der Waals surface area (Å²) in [6.07, 6.45) is 0. The summed E-state index contributed by atoms with van der Waals surface area (Å²) in [6.45, 7) is 0.449. The molecule has 2 rings (SSSR count). The molecule has 7 heteroatoms. The molecule has 0 radical (unpaired) electrons. The van der Waals surface area contributed by atoms with E-state index in [0.29, 0.717) is 11.4 Å². The van der Waals surface area contributed by atoms with E-state index in [9.17, 15) is 14.4 Å². The minimum Gasteiger partial charge on any atom is -0.350 e. The molecule has 1 aliphatic rings. The number of nitrogens with one attached hydrogen (secondary N) is 1. The molecule has 3 amide bonds. The zero-order chi connectivity index (χ0) is 14.5. The second kappa shape index (κ2) is 6.76. The maximum atomic E-state index is 11.8. The van der Waals surface area contributed by atoms with Crippen LogP contribution in [-0.4, -0.2) is 40.8 Å². The molecule has 0 saturated carbocycles. The Bertz CT molecular complexity index is 517. The minimum absolute atomic E-state index is 0.187. The summed E-state index contributed by atoms with van der Waals surface area (Å²) in [7, 11) is 0. The zero-order valence-electron chi connectivity index (χ0n) is 10.6. The van der Waals surface area contributed by atoms with Crippen LogP contribution >= 0.6 is 23.4 Å².